The minimum atomic E-state index is -0.0379. The minimum absolute atomic E-state index is 0.0379. The van der Waals surface area contributed by atoms with Crippen molar-refractivity contribution in [3.8, 4) is 0 Å². The van der Waals surface area contributed by atoms with Gasteiger partial charge in [0.05, 0.1) is 6.42 Å². The molecule has 2 heterocycles. The second-order valence-electron chi connectivity index (χ2n) is 2.95. The fourth-order valence-corrected chi connectivity index (χ4v) is 1.30. The molecule has 0 unspecified atom stereocenters. The summed E-state index contributed by atoms with van der Waals surface area (Å²) in [6, 6.07) is 0. The van der Waals surface area contributed by atoms with E-state index < -0.39 is 0 Å². The zero-order valence-electron chi connectivity index (χ0n) is 7.77. The Kier molecular flexibility index (Phi) is 2.14. The van der Waals surface area contributed by atoms with Gasteiger partial charge >= 0.3 is 0 Å². The van der Waals surface area contributed by atoms with Crippen molar-refractivity contribution >= 4 is 5.91 Å². The van der Waals surface area contributed by atoms with Gasteiger partial charge in [-0.15, -0.1) is 0 Å². The molecule has 0 bridgehead atoms. The van der Waals surface area contributed by atoms with Crippen LogP contribution in [0.4, 0.5) is 0 Å². The Morgan fingerprint density at radius 3 is 3.00 bits per heavy atom. The molecule has 0 spiro atoms. The number of aromatic nitrogens is 4. The number of H-pyrrole nitrogens is 1. The Balaban J connectivity index is 2.25. The maximum absolute atomic E-state index is 11.1. The monoisotopic (exact) mass is 190 g/mol. The smallest absolute Gasteiger partial charge is 0.228 e. The Morgan fingerprint density at radius 2 is 2.36 bits per heavy atom. The van der Waals surface area contributed by atoms with Crippen LogP contribution in [0.1, 0.15) is 23.4 Å². The molecule has 2 aromatic rings. The van der Waals surface area contributed by atoms with Gasteiger partial charge in [-0.25, -0.2) is 9.97 Å². The summed E-state index contributed by atoms with van der Waals surface area (Å²) in [5.74, 6) is 1.47. The number of nitrogens with one attached hydrogen (secondary N) is 1. The summed E-state index contributed by atoms with van der Waals surface area (Å²) in [7, 11) is 0. The quantitative estimate of drug-likeness (QED) is 0.763. The Hall–Kier alpha value is -1.91. The molecule has 0 aromatic carbocycles. The van der Waals surface area contributed by atoms with Crippen molar-refractivity contribution in [3.63, 3.8) is 0 Å². The first-order valence-electron chi connectivity index (χ1n) is 4.29. The van der Waals surface area contributed by atoms with Gasteiger partial charge in [0.1, 0.15) is 11.6 Å². The lowest BCUT2D eigenvalue weighted by atomic mass is 10.4. The van der Waals surface area contributed by atoms with E-state index in [9.17, 15) is 4.79 Å². The molecular formula is C9H10N4O. The van der Waals surface area contributed by atoms with E-state index in [-0.39, 0.29) is 5.91 Å². The highest BCUT2D eigenvalue weighted by Crippen LogP contribution is 2.03. The Bertz CT molecular complexity index is 429. The van der Waals surface area contributed by atoms with Gasteiger partial charge in [-0.1, -0.05) is 0 Å². The van der Waals surface area contributed by atoms with Gasteiger partial charge in [-0.05, 0) is 0 Å². The SMILES string of the molecule is CC(=O)n1ccnc1Cc1ncc[nH]1. The molecule has 5 nitrogen and oxygen atoms in total. The number of hydrogen-bond donors (Lipinski definition) is 1. The van der Waals surface area contributed by atoms with Crippen molar-refractivity contribution in [1.29, 1.82) is 0 Å². The van der Waals surface area contributed by atoms with E-state index in [1.807, 2.05) is 0 Å². The van der Waals surface area contributed by atoms with E-state index >= 15 is 0 Å². The average molecular weight is 190 g/mol. The van der Waals surface area contributed by atoms with Crippen molar-refractivity contribution in [3.05, 3.63) is 36.4 Å². The van der Waals surface area contributed by atoms with Crippen LogP contribution in [-0.4, -0.2) is 25.4 Å². The van der Waals surface area contributed by atoms with Crippen LogP contribution < -0.4 is 0 Å². The standard InChI is InChI=1S/C9H10N4O/c1-7(14)13-5-4-12-9(13)6-8-10-2-3-11-8/h2-5H,6H2,1H3,(H,10,11). The van der Waals surface area contributed by atoms with Crippen LogP contribution >= 0.6 is 0 Å². The second-order valence-corrected chi connectivity index (χ2v) is 2.95. The number of carbonyl (C=O) groups excluding carboxylic acids is 1. The molecule has 0 amide bonds. The molecule has 0 aliphatic heterocycles. The topological polar surface area (TPSA) is 63.6 Å². The second kappa shape index (κ2) is 3.45. The van der Waals surface area contributed by atoms with Crippen molar-refractivity contribution in [2.75, 3.05) is 0 Å². The Labute approximate surface area is 80.8 Å². The van der Waals surface area contributed by atoms with Crippen molar-refractivity contribution in [1.82, 2.24) is 19.5 Å². The van der Waals surface area contributed by atoms with E-state index in [4.69, 9.17) is 0 Å². The van der Waals surface area contributed by atoms with Crippen LogP contribution in [0.2, 0.25) is 0 Å². The molecule has 0 fully saturated rings. The molecule has 0 aliphatic rings. The van der Waals surface area contributed by atoms with Crippen LogP contribution in [-0.2, 0) is 6.42 Å². The Morgan fingerprint density at radius 1 is 1.50 bits per heavy atom. The fourth-order valence-electron chi connectivity index (χ4n) is 1.30. The molecule has 5 heteroatoms. The number of rotatable bonds is 2. The molecule has 2 aromatic heterocycles. The van der Waals surface area contributed by atoms with E-state index in [2.05, 4.69) is 15.0 Å². The predicted molar refractivity (Wildman–Crippen MR) is 49.9 cm³/mol. The summed E-state index contributed by atoms with van der Waals surface area (Å²) >= 11 is 0. The summed E-state index contributed by atoms with van der Waals surface area (Å²) in [4.78, 5) is 22.3. The molecule has 0 saturated heterocycles. The highest BCUT2D eigenvalue weighted by molar-refractivity contribution is 5.76. The summed E-state index contributed by atoms with van der Waals surface area (Å²) in [6.45, 7) is 1.51. The third-order valence-corrected chi connectivity index (χ3v) is 1.94. The third kappa shape index (κ3) is 1.56. The van der Waals surface area contributed by atoms with Crippen molar-refractivity contribution < 1.29 is 4.79 Å². The zero-order chi connectivity index (χ0) is 9.97. The van der Waals surface area contributed by atoms with Crippen LogP contribution in [0.15, 0.2) is 24.8 Å². The van der Waals surface area contributed by atoms with Gasteiger partial charge in [0, 0.05) is 31.7 Å². The van der Waals surface area contributed by atoms with Gasteiger partial charge in [0.25, 0.3) is 0 Å². The normalized spacial score (nSPS) is 10.4. The van der Waals surface area contributed by atoms with Gasteiger partial charge in [0.2, 0.25) is 5.91 Å². The first-order chi connectivity index (χ1) is 6.77. The van der Waals surface area contributed by atoms with Gasteiger partial charge in [0.15, 0.2) is 0 Å². The van der Waals surface area contributed by atoms with Gasteiger partial charge in [-0.3, -0.25) is 9.36 Å². The van der Waals surface area contributed by atoms with Crippen molar-refractivity contribution in [2.24, 2.45) is 0 Å². The van der Waals surface area contributed by atoms with E-state index in [1.165, 1.54) is 11.5 Å². The molecule has 72 valence electrons. The third-order valence-electron chi connectivity index (χ3n) is 1.94. The number of carbonyl (C=O) groups is 1. The molecule has 2 rings (SSSR count). The molecule has 0 saturated carbocycles. The molecular weight excluding hydrogens is 180 g/mol. The lowest BCUT2D eigenvalue weighted by molar-refractivity contribution is 0.0933. The molecule has 1 N–H and O–H groups in total. The van der Waals surface area contributed by atoms with Crippen LogP contribution in [0.25, 0.3) is 0 Å². The number of hydrogen-bond acceptors (Lipinski definition) is 3. The van der Waals surface area contributed by atoms with Gasteiger partial charge in [-0.2, -0.15) is 0 Å². The fraction of sp³-hybridized carbons (Fsp3) is 0.222. The highest BCUT2D eigenvalue weighted by atomic mass is 16.1. The van der Waals surface area contributed by atoms with Gasteiger partial charge < -0.3 is 4.98 Å². The molecule has 0 radical (unpaired) electrons. The summed E-state index contributed by atoms with van der Waals surface area (Å²) in [6.07, 6.45) is 7.23. The molecule has 0 atom stereocenters. The minimum Gasteiger partial charge on any atom is -0.348 e. The number of aromatic amines is 1. The lowest BCUT2D eigenvalue weighted by Gasteiger charge is -2.00. The van der Waals surface area contributed by atoms with E-state index in [1.54, 1.807) is 24.8 Å². The summed E-state index contributed by atoms with van der Waals surface area (Å²) in [5.41, 5.74) is 0. The zero-order valence-corrected chi connectivity index (χ0v) is 7.77. The molecule has 14 heavy (non-hydrogen) atoms. The first kappa shape index (κ1) is 8.68. The summed E-state index contributed by atoms with van der Waals surface area (Å²) in [5, 5.41) is 0. The maximum Gasteiger partial charge on any atom is 0.228 e. The predicted octanol–water partition coefficient (Wildman–Crippen LogP) is 0.857. The highest BCUT2D eigenvalue weighted by Gasteiger charge is 2.07. The average Bonchev–Trinajstić information content (AvgIpc) is 2.75. The lowest BCUT2D eigenvalue weighted by Crippen LogP contribution is -2.10. The van der Waals surface area contributed by atoms with Crippen molar-refractivity contribution in [2.45, 2.75) is 13.3 Å². The van der Waals surface area contributed by atoms with Crippen LogP contribution in [0.5, 0.6) is 0 Å². The largest absolute Gasteiger partial charge is 0.348 e. The van der Waals surface area contributed by atoms with Crippen LogP contribution in [0.3, 0.4) is 0 Å². The van der Waals surface area contributed by atoms with E-state index in [0.717, 1.165) is 5.82 Å². The summed E-state index contributed by atoms with van der Waals surface area (Å²) < 4.78 is 1.52. The molecule has 0 aliphatic carbocycles. The first-order valence-corrected chi connectivity index (χ1v) is 4.29. The maximum atomic E-state index is 11.1. The van der Waals surface area contributed by atoms with E-state index in [0.29, 0.717) is 12.2 Å². The number of nitrogens with zero attached hydrogens (tertiary/aromatic N) is 3. The van der Waals surface area contributed by atoms with Crippen LogP contribution in [0, 0.1) is 0 Å². The number of imidazole rings is 2.